The highest BCUT2D eigenvalue weighted by Gasteiger charge is 2.32. The number of sulfonamides is 1. The van der Waals surface area contributed by atoms with Gasteiger partial charge in [-0.15, -0.1) is 0 Å². The molecule has 0 aromatic carbocycles. The molecule has 7 nitrogen and oxygen atoms in total. The van der Waals surface area contributed by atoms with Gasteiger partial charge in [-0.1, -0.05) is 33.1 Å². The maximum Gasteiger partial charge on any atom is 0.242 e. The van der Waals surface area contributed by atoms with Crippen LogP contribution in [-0.2, 0) is 14.8 Å². The van der Waals surface area contributed by atoms with Gasteiger partial charge in [-0.05, 0) is 62.0 Å². The number of anilines is 1. The first kappa shape index (κ1) is 24.4. The third kappa shape index (κ3) is 6.63. The average molecular weight is 454 g/mol. The molecule has 1 aliphatic carbocycles. The van der Waals surface area contributed by atoms with E-state index in [9.17, 15) is 13.5 Å². The van der Waals surface area contributed by atoms with Crippen LogP contribution in [0.25, 0.3) is 0 Å². The van der Waals surface area contributed by atoms with E-state index in [2.05, 4.69) is 28.9 Å². The maximum absolute atomic E-state index is 13.0. The third-order valence-corrected chi connectivity index (χ3v) is 8.46. The van der Waals surface area contributed by atoms with Crippen molar-refractivity contribution in [2.45, 2.75) is 89.2 Å². The maximum atomic E-state index is 13.0. The summed E-state index contributed by atoms with van der Waals surface area (Å²) in [6.45, 7) is 7.27. The fourth-order valence-electron chi connectivity index (χ4n) is 4.83. The quantitative estimate of drug-likeness (QED) is 0.500. The second-order valence-electron chi connectivity index (χ2n) is 9.88. The molecular formula is C23H39N3O4S. The first-order chi connectivity index (χ1) is 14.7. The van der Waals surface area contributed by atoms with Gasteiger partial charge < -0.3 is 15.2 Å². The van der Waals surface area contributed by atoms with Gasteiger partial charge in [-0.25, -0.2) is 18.1 Å². The smallest absolute Gasteiger partial charge is 0.242 e. The van der Waals surface area contributed by atoms with E-state index in [4.69, 9.17) is 4.74 Å². The fourth-order valence-corrected chi connectivity index (χ4v) is 6.22. The van der Waals surface area contributed by atoms with E-state index in [0.29, 0.717) is 30.3 Å². The molecule has 31 heavy (non-hydrogen) atoms. The molecule has 1 saturated heterocycles. The topological polar surface area (TPSA) is 101 Å². The van der Waals surface area contributed by atoms with Crippen molar-refractivity contribution < 1.29 is 18.3 Å². The van der Waals surface area contributed by atoms with Crippen LogP contribution in [0.5, 0.6) is 0 Å². The lowest BCUT2D eigenvalue weighted by Gasteiger charge is -2.37. The lowest BCUT2D eigenvalue weighted by Crippen LogP contribution is -2.39. The van der Waals surface area contributed by atoms with Gasteiger partial charge in [0.2, 0.25) is 10.0 Å². The Balaban J connectivity index is 1.62. The van der Waals surface area contributed by atoms with Crippen molar-refractivity contribution >= 4 is 15.8 Å². The Morgan fingerprint density at radius 3 is 2.58 bits per heavy atom. The minimum absolute atomic E-state index is 0.0293. The Morgan fingerprint density at radius 2 is 1.97 bits per heavy atom. The predicted octanol–water partition coefficient (Wildman–Crippen LogP) is 3.62. The second-order valence-corrected chi connectivity index (χ2v) is 11.6. The lowest BCUT2D eigenvalue weighted by atomic mass is 9.71. The molecule has 0 bridgehead atoms. The summed E-state index contributed by atoms with van der Waals surface area (Å²) in [5, 5.41) is 12.9. The number of rotatable bonds is 10. The van der Waals surface area contributed by atoms with Crippen LogP contribution in [0.1, 0.15) is 70.8 Å². The van der Waals surface area contributed by atoms with E-state index in [-0.39, 0.29) is 29.1 Å². The van der Waals surface area contributed by atoms with Crippen LogP contribution in [-0.4, -0.2) is 50.4 Å². The van der Waals surface area contributed by atoms with Crippen LogP contribution in [0.15, 0.2) is 17.2 Å². The highest BCUT2D eigenvalue weighted by atomic mass is 32.2. The molecule has 0 radical (unpaired) electrons. The fraction of sp³-hybridized carbons (Fsp3) is 0.783. The summed E-state index contributed by atoms with van der Waals surface area (Å²) in [6.07, 6.45) is 10.4. The molecule has 2 aliphatic rings. The minimum atomic E-state index is -3.64. The number of aliphatic hydroxyl groups excluding tert-OH is 1. The van der Waals surface area contributed by atoms with Gasteiger partial charge in [-0.3, -0.25) is 0 Å². The van der Waals surface area contributed by atoms with Crippen LogP contribution >= 0.6 is 0 Å². The van der Waals surface area contributed by atoms with Gasteiger partial charge in [-0.2, -0.15) is 0 Å². The van der Waals surface area contributed by atoms with Gasteiger partial charge in [0.05, 0.1) is 18.8 Å². The average Bonchev–Trinajstić information content (AvgIpc) is 3.25. The zero-order chi connectivity index (χ0) is 22.5. The largest absolute Gasteiger partial charge is 0.394 e. The summed E-state index contributed by atoms with van der Waals surface area (Å²) in [5.41, 5.74) is 0.557. The molecule has 2 heterocycles. The Bertz CT molecular complexity index is 816. The van der Waals surface area contributed by atoms with Crippen molar-refractivity contribution in [1.29, 1.82) is 0 Å². The van der Waals surface area contributed by atoms with Gasteiger partial charge in [0, 0.05) is 19.3 Å². The number of hydrogen-bond donors (Lipinski definition) is 3. The van der Waals surface area contributed by atoms with Gasteiger partial charge in [0.1, 0.15) is 10.7 Å². The number of aryl methyl sites for hydroxylation is 1. The van der Waals surface area contributed by atoms with Crippen molar-refractivity contribution in [2.24, 2.45) is 11.3 Å². The van der Waals surface area contributed by atoms with E-state index in [1.807, 2.05) is 0 Å². The molecule has 1 aliphatic heterocycles. The van der Waals surface area contributed by atoms with Gasteiger partial charge in [0.15, 0.2) is 0 Å². The van der Waals surface area contributed by atoms with E-state index in [1.165, 1.54) is 38.3 Å². The van der Waals surface area contributed by atoms with E-state index in [1.54, 1.807) is 13.0 Å². The SMILES string of the molecule is Cc1cc(NC(CO)CC2CCCO2)ncc1S(=O)(=O)NCC(C)(C)C1CCCCC1. The van der Waals surface area contributed by atoms with Crippen LogP contribution < -0.4 is 10.0 Å². The summed E-state index contributed by atoms with van der Waals surface area (Å²) >= 11 is 0. The van der Waals surface area contributed by atoms with Crippen LogP contribution in [0.2, 0.25) is 0 Å². The molecule has 2 unspecified atom stereocenters. The number of nitrogens with one attached hydrogen (secondary N) is 2. The predicted molar refractivity (Wildman–Crippen MR) is 123 cm³/mol. The van der Waals surface area contributed by atoms with Crippen molar-refractivity contribution in [1.82, 2.24) is 9.71 Å². The summed E-state index contributed by atoms with van der Waals surface area (Å²) in [7, 11) is -3.64. The number of nitrogens with zero attached hydrogens (tertiary/aromatic N) is 1. The standard InChI is InChI=1S/C23H39N3O4S/c1-17-12-22(26-19(15-27)13-20-10-7-11-30-20)24-14-21(17)31(28,29)25-16-23(2,3)18-8-5-4-6-9-18/h12,14,18-20,25,27H,4-11,13,15-16H2,1-3H3,(H,24,26). The van der Waals surface area contributed by atoms with Crippen molar-refractivity contribution in [3.8, 4) is 0 Å². The molecule has 0 amide bonds. The van der Waals surface area contributed by atoms with Crippen molar-refractivity contribution in [2.75, 3.05) is 25.1 Å². The van der Waals surface area contributed by atoms with E-state index >= 15 is 0 Å². The molecule has 0 spiro atoms. The third-order valence-electron chi connectivity index (χ3n) is 6.92. The zero-order valence-electron chi connectivity index (χ0n) is 19.2. The lowest BCUT2D eigenvalue weighted by molar-refractivity contribution is 0.0930. The first-order valence-corrected chi connectivity index (χ1v) is 13.1. The Morgan fingerprint density at radius 1 is 1.23 bits per heavy atom. The van der Waals surface area contributed by atoms with Crippen LogP contribution in [0, 0.1) is 18.3 Å². The number of hydrogen-bond acceptors (Lipinski definition) is 6. The summed E-state index contributed by atoms with van der Waals surface area (Å²) in [6, 6.07) is 1.56. The van der Waals surface area contributed by atoms with Crippen LogP contribution in [0.4, 0.5) is 5.82 Å². The van der Waals surface area contributed by atoms with E-state index in [0.717, 1.165) is 19.4 Å². The number of pyridine rings is 1. The number of aliphatic hydroxyl groups is 1. The van der Waals surface area contributed by atoms with Gasteiger partial charge >= 0.3 is 0 Å². The summed E-state index contributed by atoms with van der Waals surface area (Å²) < 4.78 is 34.4. The molecule has 3 N–H and O–H groups in total. The molecule has 1 aromatic rings. The molecular weight excluding hydrogens is 414 g/mol. The van der Waals surface area contributed by atoms with Gasteiger partial charge in [0.25, 0.3) is 0 Å². The Labute approximate surface area is 187 Å². The molecule has 176 valence electrons. The molecule has 1 aromatic heterocycles. The van der Waals surface area contributed by atoms with Crippen LogP contribution in [0.3, 0.4) is 0 Å². The Kier molecular flexibility index (Phi) is 8.35. The molecule has 8 heteroatoms. The molecule has 2 atom stereocenters. The summed E-state index contributed by atoms with van der Waals surface area (Å²) in [4.78, 5) is 4.53. The first-order valence-electron chi connectivity index (χ1n) is 11.7. The Hall–Kier alpha value is -1.22. The normalized spacial score (nSPS) is 21.9. The van der Waals surface area contributed by atoms with Crippen molar-refractivity contribution in [3.05, 3.63) is 17.8 Å². The van der Waals surface area contributed by atoms with E-state index < -0.39 is 10.0 Å². The molecule has 2 fully saturated rings. The highest BCUT2D eigenvalue weighted by molar-refractivity contribution is 7.89. The number of aromatic nitrogens is 1. The second kappa shape index (κ2) is 10.6. The zero-order valence-corrected chi connectivity index (χ0v) is 20.0. The monoisotopic (exact) mass is 453 g/mol. The molecule has 3 rings (SSSR count). The van der Waals surface area contributed by atoms with Crippen molar-refractivity contribution in [3.63, 3.8) is 0 Å². The number of ether oxygens (including phenoxy) is 1. The summed E-state index contributed by atoms with van der Waals surface area (Å²) in [5.74, 6) is 1.12. The highest BCUT2D eigenvalue weighted by Crippen LogP contribution is 2.38. The molecule has 1 saturated carbocycles. The minimum Gasteiger partial charge on any atom is -0.394 e.